The average Bonchev–Trinajstić information content (AvgIpc) is 2.53. The fourth-order valence-corrected chi connectivity index (χ4v) is 3.51. The van der Waals surface area contributed by atoms with Crippen molar-refractivity contribution in [1.29, 1.82) is 0 Å². The maximum atomic E-state index is 12.9. The number of pyridine rings is 1. The molecule has 0 aliphatic rings. The number of nitrogens with one attached hydrogen (secondary N) is 1. The number of aromatic nitrogens is 1. The smallest absolute Gasteiger partial charge is 0.399 e. The minimum absolute atomic E-state index is 0.0350. The van der Waals surface area contributed by atoms with Gasteiger partial charge in [0.05, 0.1) is 10.5 Å². The number of anilines is 1. The summed E-state index contributed by atoms with van der Waals surface area (Å²) in [6, 6.07) is 4.87. The van der Waals surface area contributed by atoms with Crippen LogP contribution in [0.4, 0.5) is 18.9 Å². The number of benzene rings is 1. The highest BCUT2D eigenvalue weighted by Crippen LogP contribution is 2.34. The zero-order valence-corrected chi connectivity index (χ0v) is 15.0. The number of hydrogen-bond acceptors (Lipinski definition) is 5. The number of nitrogens with zero attached hydrogens (tertiary/aromatic N) is 2. The standard InChI is InChI=1S/C16H19F3N4O2S/c1-23(2)6-5-22-26(24,25)15-8-13(20)3-4-14(15)11-7-12(10-21-9-11)16(17,18)19/h3-4,7-10,22H,5-6,20H2,1-2H3. The van der Waals surface area contributed by atoms with Gasteiger partial charge in [0.1, 0.15) is 0 Å². The van der Waals surface area contributed by atoms with Gasteiger partial charge in [-0.1, -0.05) is 6.07 Å². The molecule has 1 aromatic heterocycles. The van der Waals surface area contributed by atoms with E-state index in [0.29, 0.717) is 12.7 Å². The highest BCUT2D eigenvalue weighted by atomic mass is 32.2. The van der Waals surface area contributed by atoms with Crippen LogP contribution in [-0.4, -0.2) is 45.5 Å². The van der Waals surface area contributed by atoms with Crippen LogP contribution in [0.5, 0.6) is 0 Å². The first-order valence-corrected chi connectivity index (χ1v) is 9.05. The molecule has 2 rings (SSSR count). The van der Waals surface area contributed by atoms with Crippen LogP contribution in [-0.2, 0) is 16.2 Å². The first-order valence-electron chi connectivity index (χ1n) is 7.57. The van der Waals surface area contributed by atoms with E-state index in [2.05, 4.69) is 9.71 Å². The summed E-state index contributed by atoms with van der Waals surface area (Å²) in [7, 11) is -0.399. The van der Waals surface area contributed by atoms with Gasteiger partial charge in [0.25, 0.3) is 0 Å². The molecule has 26 heavy (non-hydrogen) atoms. The quantitative estimate of drug-likeness (QED) is 0.741. The van der Waals surface area contributed by atoms with E-state index in [4.69, 9.17) is 5.73 Å². The molecule has 3 N–H and O–H groups in total. The summed E-state index contributed by atoms with van der Waals surface area (Å²) in [6.45, 7) is 0.604. The Balaban J connectivity index is 2.49. The van der Waals surface area contributed by atoms with Gasteiger partial charge < -0.3 is 10.6 Å². The summed E-state index contributed by atoms with van der Waals surface area (Å²) in [5.74, 6) is 0. The van der Waals surface area contributed by atoms with Crippen LogP contribution in [0.25, 0.3) is 11.1 Å². The highest BCUT2D eigenvalue weighted by molar-refractivity contribution is 7.89. The van der Waals surface area contributed by atoms with E-state index in [1.165, 1.54) is 24.4 Å². The fourth-order valence-electron chi connectivity index (χ4n) is 2.22. The van der Waals surface area contributed by atoms with Crippen molar-refractivity contribution in [3.05, 3.63) is 42.2 Å². The first-order chi connectivity index (χ1) is 12.0. The molecule has 0 aliphatic heterocycles. The second-order valence-electron chi connectivity index (χ2n) is 5.92. The Kier molecular flexibility index (Phi) is 5.89. The van der Waals surface area contributed by atoms with Crippen LogP contribution in [0.2, 0.25) is 0 Å². The van der Waals surface area contributed by atoms with Crippen LogP contribution in [0.15, 0.2) is 41.6 Å². The average molecular weight is 388 g/mol. The van der Waals surface area contributed by atoms with Gasteiger partial charge in [-0.15, -0.1) is 0 Å². The van der Waals surface area contributed by atoms with E-state index in [-0.39, 0.29) is 28.3 Å². The number of rotatable bonds is 6. The van der Waals surface area contributed by atoms with E-state index < -0.39 is 21.8 Å². The monoisotopic (exact) mass is 388 g/mol. The molecule has 6 nitrogen and oxygen atoms in total. The van der Waals surface area contributed by atoms with Crippen LogP contribution in [0, 0.1) is 0 Å². The van der Waals surface area contributed by atoms with Gasteiger partial charge in [0.15, 0.2) is 0 Å². The van der Waals surface area contributed by atoms with Crippen molar-refractivity contribution in [2.75, 3.05) is 32.9 Å². The molecular weight excluding hydrogens is 369 g/mol. The van der Waals surface area contributed by atoms with Crippen LogP contribution in [0.1, 0.15) is 5.56 Å². The minimum atomic E-state index is -4.58. The molecule has 1 heterocycles. The van der Waals surface area contributed by atoms with Crippen molar-refractivity contribution in [3.63, 3.8) is 0 Å². The topological polar surface area (TPSA) is 88.3 Å². The minimum Gasteiger partial charge on any atom is -0.399 e. The molecule has 0 fully saturated rings. The third kappa shape index (κ3) is 4.93. The van der Waals surface area contributed by atoms with Crippen LogP contribution in [0.3, 0.4) is 0 Å². The summed E-state index contributed by atoms with van der Waals surface area (Å²) in [6.07, 6.45) is -2.72. The summed E-state index contributed by atoms with van der Waals surface area (Å²) >= 11 is 0. The van der Waals surface area contributed by atoms with Crippen molar-refractivity contribution in [3.8, 4) is 11.1 Å². The highest BCUT2D eigenvalue weighted by Gasteiger charge is 2.31. The molecule has 0 saturated carbocycles. The van der Waals surface area contributed by atoms with E-state index in [1.54, 1.807) is 19.0 Å². The summed E-state index contributed by atoms with van der Waals surface area (Å²) in [4.78, 5) is 5.18. The lowest BCUT2D eigenvalue weighted by Crippen LogP contribution is -2.31. The maximum Gasteiger partial charge on any atom is 0.417 e. The number of alkyl halides is 3. The Bertz CT molecular complexity index is 883. The molecule has 10 heteroatoms. The van der Waals surface area contributed by atoms with Gasteiger partial charge >= 0.3 is 6.18 Å². The number of likely N-dealkylation sites (N-methyl/N-ethyl adjacent to an activating group) is 1. The van der Waals surface area contributed by atoms with Crippen LogP contribution >= 0.6 is 0 Å². The first kappa shape index (κ1) is 20.1. The Morgan fingerprint density at radius 1 is 1.19 bits per heavy atom. The number of nitrogen functional groups attached to an aromatic ring is 1. The Morgan fingerprint density at radius 3 is 2.50 bits per heavy atom. The predicted molar refractivity (Wildman–Crippen MR) is 92.8 cm³/mol. The number of nitrogens with two attached hydrogens (primary N) is 1. The van der Waals surface area contributed by atoms with Gasteiger partial charge in [-0.05, 0) is 32.3 Å². The van der Waals surface area contributed by atoms with Crippen molar-refractivity contribution in [2.24, 2.45) is 0 Å². The maximum absolute atomic E-state index is 12.9. The molecule has 0 spiro atoms. The summed E-state index contributed by atoms with van der Waals surface area (Å²) in [5, 5.41) is 0. The molecule has 0 radical (unpaired) electrons. The van der Waals surface area contributed by atoms with E-state index >= 15 is 0 Å². The summed E-state index contributed by atoms with van der Waals surface area (Å²) < 4.78 is 66.4. The molecular formula is C16H19F3N4O2S. The van der Waals surface area contributed by atoms with Crippen molar-refractivity contribution >= 4 is 15.7 Å². The van der Waals surface area contributed by atoms with Crippen molar-refractivity contribution in [2.45, 2.75) is 11.1 Å². The third-order valence-electron chi connectivity index (χ3n) is 3.52. The Morgan fingerprint density at radius 2 is 1.88 bits per heavy atom. The SMILES string of the molecule is CN(C)CCNS(=O)(=O)c1cc(N)ccc1-c1cncc(C(F)(F)F)c1. The van der Waals surface area contributed by atoms with Crippen molar-refractivity contribution < 1.29 is 21.6 Å². The molecule has 0 unspecified atom stereocenters. The van der Waals surface area contributed by atoms with Gasteiger partial charge in [0, 0.05) is 42.3 Å². The zero-order chi connectivity index (χ0) is 19.5. The van der Waals surface area contributed by atoms with Gasteiger partial charge in [-0.2, -0.15) is 13.2 Å². The molecule has 2 aromatic rings. The third-order valence-corrected chi connectivity index (χ3v) is 5.02. The lowest BCUT2D eigenvalue weighted by atomic mass is 10.1. The van der Waals surface area contributed by atoms with Gasteiger partial charge in [0.2, 0.25) is 10.0 Å². The van der Waals surface area contributed by atoms with Gasteiger partial charge in [-0.25, -0.2) is 13.1 Å². The number of halogens is 3. The molecule has 0 saturated heterocycles. The molecule has 1 aromatic carbocycles. The van der Waals surface area contributed by atoms with Gasteiger partial charge in [-0.3, -0.25) is 4.98 Å². The molecule has 0 bridgehead atoms. The van der Waals surface area contributed by atoms with E-state index in [0.717, 1.165) is 6.07 Å². The normalized spacial score (nSPS) is 12.5. The number of sulfonamides is 1. The predicted octanol–water partition coefficient (Wildman–Crippen LogP) is 2.19. The van der Waals surface area contributed by atoms with Crippen molar-refractivity contribution in [1.82, 2.24) is 14.6 Å². The molecule has 0 aliphatic carbocycles. The lowest BCUT2D eigenvalue weighted by molar-refractivity contribution is -0.137. The second-order valence-corrected chi connectivity index (χ2v) is 7.65. The second kappa shape index (κ2) is 7.60. The van der Waals surface area contributed by atoms with E-state index in [1.807, 2.05) is 0 Å². The summed E-state index contributed by atoms with van der Waals surface area (Å²) in [5.41, 5.74) is 5.03. The molecule has 0 amide bonds. The van der Waals surface area contributed by atoms with E-state index in [9.17, 15) is 21.6 Å². The number of hydrogen-bond donors (Lipinski definition) is 2. The van der Waals surface area contributed by atoms with Crippen LogP contribution < -0.4 is 10.5 Å². The molecule has 142 valence electrons. The molecule has 0 atom stereocenters. The lowest BCUT2D eigenvalue weighted by Gasteiger charge is -2.15. The Labute approximate surface area is 149 Å². The zero-order valence-electron chi connectivity index (χ0n) is 14.2. The fraction of sp³-hybridized carbons (Fsp3) is 0.312. The largest absolute Gasteiger partial charge is 0.417 e. The Hall–Kier alpha value is -2.17.